The zero-order chi connectivity index (χ0) is 30.5. The lowest BCUT2D eigenvalue weighted by molar-refractivity contribution is -0.139. The van der Waals surface area contributed by atoms with Gasteiger partial charge in [-0.15, -0.1) is 0 Å². The summed E-state index contributed by atoms with van der Waals surface area (Å²) in [5, 5.41) is 14.3. The summed E-state index contributed by atoms with van der Waals surface area (Å²) in [4.78, 5) is 14.6. The van der Waals surface area contributed by atoms with Crippen molar-refractivity contribution in [3.63, 3.8) is 0 Å². The van der Waals surface area contributed by atoms with Crippen molar-refractivity contribution in [1.82, 2.24) is 14.5 Å². The molecule has 4 rings (SSSR count). The molecule has 3 aromatic rings. The third kappa shape index (κ3) is 9.32. The molecule has 1 saturated heterocycles. The van der Waals surface area contributed by atoms with Gasteiger partial charge in [0.25, 0.3) is 0 Å². The topological polar surface area (TPSA) is 99.2 Å². The van der Waals surface area contributed by atoms with Crippen LogP contribution >= 0.6 is 0 Å². The number of nitrogens with zero attached hydrogens (tertiary/aromatic N) is 2. The van der Waals surface area contributed by atoms with Crippen LogP contribution in [-0.2, 0) is 31.6 Å². The molecule has 8 nitrogen and oxygen atoms in total. The van der Waals surface area contributed by atoms with E-state index < -0.39 is 15.4 Å². The van der Waals surface area contributed by atoms with Gasteiger partial charge in [0.15, 0.2) is 0 Å². The van der Waals surface area contributed by atoms with E-state index in [1.165, 1.54) is 10.4 Å². The second-order valence-electron chi connectivity index (χ2n) is 11.1. The van der Waals surface area contributed by atoms with E-state index in [4.69, 9.17) is 4.74 Å². The highest BCUT2D eigenvalue weighted by molar-refractivity contribution is 7.89. The van der Waals surface area contributed by atoms with E-state index in [1.807, 2.05) is 60.7 Å². The van der Waals surface area contributed by atoms with Gasteiger partial charge in [0.2, 0.25) is 10.0 Å². The lowest BCUT2D eigenvalue weighted by atomic mass is 9.77. The number of hydrogen-bond acceptors (Lipinski definition) is 7. The van der Waals surface area contributed by atoms with Crippen molar-refractivity contribution in [2.75, 3.05) is 46.4 Å². The number of ether oxygens (including phenoxy) is 1. The van der Waals surface area contributed by atoms with Crippen LogP contribution in [0, 0.1) is 0 Å². The smallest absolute Gasteiger partial charge is 0.330 e. The van der Waals surface area contributed by atoms with E-state index in [0.29, 0.717) is 19.0 Å². The molecule has 1 heterocycles. The van der Waals surface area contributed by atoms with Gasteiger partial charge >= 0.3 is 5.97 Å². The lowest BCUT2D eigenvalue weighted by Gasteiger charge is -2.39. The number of likely N-dealkylation sites (tertiary alicyclic amines) is 1. The van der Waals surface area contributed by atoms with Crippen molar-refractivity contribution in [2.45, 2.75) is 42.2 Å². The Hall–Kier alpha value is -3.34. The van der Waals surface area contributed by atoms with Crippen LogP contribution in [0.2, 0.25) is 0 Å². The predicted octanol–water partition coefficient (Wildman–Crippen LogP) is 3.98. The molecule has 230 valence electrons. The normalized spacial score (nSPS) is 16.3. The number of likely N-dealkylation sites (N-methyl/N-ethyl adjacent to an activating group) is 1. The molecule has 2 N–H and O–H groups in total. The Balaban J connectivity index is 1.27. The SMILES string of the molecule is CN(CC(CO)(CCN1CCC(NCC=CC(=O)OCc2ccccc2)CC1)c1ccccc1)S(=O)(=O)c1ccccc1. The molecule has 0 aliphatic carbocycles. The highest BCUT2D eigenvalue weighted by atomic mass is 32.2. The number of piperidine rings is 1. The van der Waals surface area contributed by atoms with Gasteiger partial charge in [-0.2, -0.15) is 4.31 Å². The summed E-state index contributed by atoms with van der Waals surface area (Å²) in [6, 6.07) is 28.1. The molecular weight excluding hydrogens is 562 g/mol. The van der Waals surface area contributed by atoms with Crippen LogP contribution in [0.4, 0.5) is 0 Å². The summed E-state index contributed by atoms with van der Waals surface area (Å²) >= 11 is 0. The highest BCUT2D eigenvalue weighted by Gasteiger charge is 2.37. The number of carbonyl (C=O) groups excluding carboxylic acids is 1. The molecule has 0 bridgehead atoms. The first kappa shape index (κ1) is 32.6. The molecule has 3 aromatic carbocycles. The predicted molar refractivity (Wildman–Crippen MR) is 169 cm³/mol. The molecule has 1 fully saturated rings. The van der Waals surface area contributed by atoms with Crippen LogP contribution in [-0.4, -0.2) is 81.1 Å². The molecule has 0 amide bonds. The number of hydrogen-bond donors (Lipinski definition) is 2. The second-order valence-corrected chi connectivity index (χ2v) is 13.2. The van der Waals surface area contributed by atoms with Crippen molar-refractivity contribution in [3.05, 3.63) is 114 Å². The zero-order valence-corrected chi connectivity index (χ0v) is 25.7. The maximum Gasteiger partial charge on any atom is 0.330 e. The molecule has 0 spiro atoms. The first-order valence-corrected chi connectivity index (χ1v) is 16.3. The first-order valence-electron chi connectivity index (χ1n) is 14.8. The average Bonchev–Trinajstić information content (AvgIpc) is 3.06. The molecule has 1 unspecified atom stereocenters. The Morgan fingerprint density at radius 3 is 2.23 bits per heavy atom. The highest BCUT2D eigenvalue weighted by Crippen LogP contribution is 2.31. The van der Waals surface area contributed by atoms with Gasteiger partial charge in [-0.1, -0.05) is 84.9 Å². The van der Waals surface area contributed by atoms with Gasteiger partial charge in [0.1, 0.15) is 6.61 Å². The van der Waals surface area contributed by atoms with Gasteiger partial charge in [0, 0.05) is 37.7 Å². The number of nitrogens with one attached hydrogen (secondary N) is 1. The van der Waals surface area contributed by atoms with Gasteiger partial charge in [-0.25, -0.2) is 13.2 Å². The molecule has 0 radical (unpaired) electrons. The third-order valence-corrected chi connectivity index (χ3v) is 9.98. The van der Waals surface area contributed by atoms with Gasteiger partial charge < -0.3 is 20.1 Å². The van der Waals surface area contributed by atoms with Crippen LogP contribution in [0.1, 0.15) is 30.4 Å². The molecule has 1 aliphatic rings. The third-order valence-electron chi connectivity index (χ3n) is 8.16. The maximum absolute atomic E-state index is 13.3. The summed E-state index contributed by atoms with van der Waals surface area (Å²) in [6.45, 7) is 3.40. The Labute approximate surface area is 256 Å². The molecule has 0 saturated carbocycles. The van der Waals surface area contributed by atoms with Crippen LogP contribution in [0.3, 0.4) is 0 Å². The van der Waals surface area contributed by atoms with Crippen molar-refractivity contribution >= 4 is 16.0 Å². The number of aliphatic hydroxyl groups is 1. The summed E-state index contributed by atoms with van der Waals surface area (Å²) in [5.74, 6) is -0.353. The Morgan fingerprint density at radius 1 is 1.00 bits per heavy atom. The minimum absolute atomic E-state index is 0.163. The van der Waals surface area contributed by atoms with Crippen LogP contribution < -0.4 is 5.32 Å². The van der Waals surface area contributed by atoms with Gasteiger partial charge in [-0.05, 0) is 62.2 Å². The fourth-order valence-electron chi connectivity index (χ4n) is 5.51. The number of esters is 1. The van der Waals surface area contributed by atoms with Gasteiger partial charge in [-0.3, -0.25) is 0 Å². The van der Waals surface area contributed by atoms with Crippen molar-refractivity contribution < 1.29 is 23.1 Å². The number of sulfonamides is 1. The number of benzene rings is 3. The molecule has 43 heavy (non-hydrogen) atoms. The van der Waals surface area contributed by atoms with Gasteiger partial charge in [0.05, 0.1) is 11.5 Å². The second kappa shape index (κ2) is 15.9. The minimum atomic E-state index is -3.71. The Morgan fingerprint density at radius 2 is 1.60 bits per heavy atom. The van der Waals surface area contributed by atoms with Crippen LogP contribution in [0.5, 0.6) is 0 Å². The molecule has 9 heteroatoms. The number of rotatable bonds is 15. The van der Waals surface area contributed by atoms with Crippen molar-refractivity contribution in [1.29, 1.82) is 0 Å². The summed E-state index contributed by atoms with van der Waals surface area (Å²) in [6.07, 6.45) is 5.82. The van der Waals surface area contributed by atoms with Crippen molar-refractivity contribution in [3.8, 4) is 0 Å². The monoisotopic (exact) mass is 605 g/mol. The fraction of sp³-hybridized carbons (Fsp3) is 0.382. The zero-order valence-electron chi connectivity index (χ0n) is 24.8. The standard InChI is InChI=1S/C34H43N3O5S/c1-36(43(40,41)32-16-9-4-10-17-32)27-34(28-38,30-14-7-3-8-15-30)21-25-37-23-19-31(20-24-37)35-22-11-18-33(39)42-26-29-12-5-2-6-13-29/h2-18,31,35,38H,19-28H2,1H3. The molecular formula is C34H43N3O5S. The van der Waals surface area contributed by atoms with E-state index in [9.17, 15) is 18.3 Å². The Bertz CT molecular complexity index is 1400. The summed E-state index contributed by atoms with van der Waals surface area (Å²) in [5.41, 5.74) is 1.14. The number of carbonyl (C=O) groups is 1. The molecule has 1 aliphatic heterocycles. The minimum Gasteiger partial charge on any atom is -0.458 e. The fourth-order valence-corrected chi connectivity index (χ4v) is 6.79. The molecule has 1 atom stereocenters. The molecule has 0 aromatic heterocycles. The van der Waals surface area contributed by atoms with E-state index in [-0.39, 0.29) is 30.6 Å². The summed E-state index contributed by atoms with van der Waals surface area (Å²) in [7, 11) is -2.12. The lowest BCUT2D eigenvalue weighted by Crippen LogP contribution is -2.48. The number of aliphatic hydroxyl groups excluding tert-OH is 1. The van der Waals surface area contributed by atoms with Crippen LogP contribution in [0.25, 0.3) is 0 Å². The largest absolute Gasteiger partial charge is 0.458 e. The first-order chi connectivity index (χ1) is 20.8. The van der Waals surface area contributed by atoms with E-state index >= 15 is 0 Å². The average molecular weight is 606 g/mol. The Kier molecular flexibility index (Phi) is 12.1. The summed E-state index contributed by atoms with van der Waals surface area (Å²) < 4.78 is 33.3. The van der Waals surface area contributed by atoms with Crippen LogP contribution in [0.15, 0.2) is 108 Å². The van der Waals surface area contributed by atoms with E-state index in [2.05, 4.69) is 10.2 Å². The van der Waals surface area contributed by atoms with E-state index in [0.717, 1.165) is 43.6 Å². The maximum atomic E-state index is 13.3. The van der Waals surface area contributed by atoms with Crippen molar-refractivity contribution in [2.24, 2.45) is 0 Å². The quantitative estimate of drug-likeness (QED) is 0.200. The van der Waals surface area contributed by atoms with E-state index in [1.54, 1.807) is 43.5 Å².